The minimum Gasteiger partial charge on any atom is -0.380 e. The SMILES string of the molecule is Cc1noc(-c2c(N3CCC(N[C@H]4CCCOC4)CC3)nc3c(F)cc(C(C)C)cc3c2C)n1. The Labute approximate surface area is 200 Å². The van der Waals surface area contributed by atoms with Crippen LogP contribution in [0.5, 0.6) is 0 Å². The molecule has 2 aliphatic rings. The minimum atomic E-state index is -0.285. The summed E-state index contributed by atoms with van der Waals surface area (Å²) in [6.07, 6.45) is 4.27. The summed E-state index contributed by atoms with van der Waals surface area (Å²) >= 11 is 0. The van der Waals surface area contributed by atoms with E-state index in [1.165, 1.54) is 6.42 Å². The Morgan fingerprint density at radius 2 is 1.88 bits per heavy atom. The Balaban J connectivity index is 1.50. The van der Waals surface area contributed by atoms with Crippen LogP contribution < -0.4 is 10.2 Å². The van der Waals surface area contributed by atoms with Gasteiger partial charge in [0, 0.05) is 37.2 Å². The van der Waals surface area contributed by atoms with E-state index in [1.54, 1.807) is 13.0 Å². The van der Waals surface area contributed by atoms with Gasteiger partial charge in [0.05, 0.1) is 12.2 Å². The fraction of sp³-hybridized carbons (Fsp3) is 0.577. The van der Waals surface area contributed by atoms with Crippen LogP contribution in [0.1, 0.15) is 62.4 Å². The van der Waals surface area contributed by atoms with Gasteiger partial charge in [-0.3, -0.25) is 0 Å². The number of hydrogen-bond acceptors (Lipinski definition) is 7. The number of ether oxygens (including phenoxy) is 1. The zero-order valence-corrected chi connectivity index (χ0v) is 20.5. The van der Waals surface area contributed by atoms with E-state index in [0.717, 1.165) is 73.5 Å². The highest BCUT2D eigenvalue weighted by Crippen LogP contribution is 2.38. The highest BCUT2D eigenvalue weighted by Gasteiger charge is 2.29. The molecule has 2 aliphatic heterocycles. The maximum Gasteiger partial charge on any atom is 0.261 e. The lowest BCUT2D eigenvalue weighted by atomic mass is 9.96. The second-order valence-electron chi connectivity index (χ2n) is 9.98. The number of nitrogens with one attached hydrogen (secondary N) is 1. The third kappa shape index (κ3) is 4.53. The van der Waals surface area contributed by atoms with E-state index < -0.39 is 0 Å². The van der Waals surface area contributed by atoms with Crippen LogP contribution in [0.15, 0.2) is 16.7 Å². The van der Waals surface area contributed by atoms with Crippen LogP contribution in [0.25, 0.3) is 22.4 Å². The first-order valence-corrected chi connectivity index (χ1v) is 12.4. The molecule has 2 saturated heterocycles. The molecule has 1 N–H and O–H groups in total. The molecule has 0 aliphatic carbocycles. The second-order valence-corrected chi connectivity index (χ2v) is 9.98. The predicted octanol–water partition coefficient (Wildman–Crippen LogP) is 4.90. The third-order valence-corrected chi connectivity index (χ3v) is 7.14. The summed E-state index contributed by atoms with van der Waals surface area (Å²) < 4.78 is 26.5. The number of aromatic nitrogens is 3. The van der Waals surface area contributed by atoms with Gasteiger partial charge in [-0.2, -0.15) is 4.98 Å². The van der Waals surface area contributed by atoms with Crippen LogP contribution in [0.2, 0.25) is 0 Å². The first-order valence-electron chi connectivity index (χ1n) is 12.4. The first-order chi connectivity index (χ1) is 16.4. The number of aryl methyl sites for hydroxylation is 2. The Kier molecular flexibility index (Phi) is 6.53. The molecule has 0 saturated carbocycles. The second kappa shape index (κ2) is 9.58. The van der Waals surface area contributed by atoms with E-state index in [9.17, 15) is 0 Å². The average molecular weight is 468 g/mol. The van der Waals surface area contributed by atoms with Crippen molar-refractivity contribution < 1.29 is 13.7 Å². The zero-order valence-electron chi connectivity index (χ0n) is 20.5. The molecular formula is C26H34FN5O2. The van der Waals surface area contributed by atoms with E-state index in [4.69, 9.17) is 14.2 Å². The largest absolute Gasteiger partial charge is 0.380 e. The van der Waals surface area contributed by atoms with Crippen molar-refractivity contribution in [3.8, 4) is 11.5 Å². The molecule has 5 rings (SSSR count). The summed E-state index contributed by atoms with van der Waals surface area (Å²) in [5.74, 6) is 1.67. The van der Waals surface area contributed by atoms with Crippen molar-refractivity contribution in [2.45, 2.75) is 71.4 Å². The number of anilines is 1. The number of piperidine rings is 1. The molecule has 0 unspecified atom stereocenters. The van der Waals surface area contributed by atoms with Crippen molar-refractivity contribution in [1.82, 2.24) is 20.4 Å². The lowest BCUT2D eigenvalue weighted by molar-refractivity contribution is 0.0650. The summed E-state index contributed by atoms with van der Waals surface area (Å²) in [5, 5.41) is 8.58. The lowest BCUT2D eigenvalue weighted by Crippen LogP contribution is -2.48. The van der Waals surface area contributed by atoms with E-state index >= 15 is 4.39 Å². The molecule has 8 heteroatoms. The van der Waals surface area contributed by atoms with Crippen LogP contribution in [0, 0.1) is 19.7 Å². The van der Waals surface area contributed by atoms with Crippen LogP contribution in [-0.4, -0.2) is 53.5 Å². The van der Waals surface area contributed by atoms with Crippen LogP contribution in [-0.2, 0) is 4.74 Å². The number of fused-ring (bicyclic) bond motifs is 1. The van der Waals surface area contributed by atoms with Gasteiger partial charge in [0.2, 0.25) is 0 Å². The molecule has 3 aromatic rings. The Bertz CT molecular complexity index is 1160. The molecule has 4 heterocycles. The zero-order chi connectivity index (χ0) is 23.8. The van der Waals surface area contributed by atoms with Gasteiger partial charge in [-0.25, -0.2) is 9.37 Å². The standard InChI is InChI=1S/C26H34FN5O2/c1-15(2)18-12-21-16(3)23(26-28-17(4)31-34-26)25(30-24(21)22(27)13-18)32-9-7-19(8-10-32)29-20-6-5-11-33-14-20/h12-13,15,19-20,29H,5-11,14H2,1-4H3/t20-/m0/s1. The summed E-state index contributed by atoms with van der Waals surface area (Å²) in [5.41, 5.74) is 3.08. The van der Waals surface area contributed by atoms with Gasteiger partial charge in [0.1, 0.15) is 17.2 Å². The van der Waals surface area contributed by atoms with Crippen molar-refractivity contribution in [1.29, 1.82) is 0 Å². The lowest BCUT2D eigenvalue weighted by Gasteiger charge is -2.36. The third-order valence-electron chi connectivity index (χ3n) is 7.14. The maximum absolute atomic E-state index is 15.2. The topological polar surface area (TPSA) is 76.3 Å². The van der Waals surface area contributed by atoms with Gasteiger partial charge in [0.25, 0.3) is 5.89 Å². The highest BCUT2D eigenvalue weighted by molar-refractivity contribution is 5.93. The molecule has 2 fully saturated rings. The van der Waals surface area contributed by atoms with Gasteiger partial charge in [0.15, 0.2) is 5.82 Å². The van der Waals surface area contributed by atoms with Crippen molar-refractivity contribution >= 4 is 16.7 Å². The van der Waals surface area contributed by atoms with E-state index in [1.807, 2.05) is 13.0 Å². The Morgan fingerprint density at radius 1 is 1.09 bits per heavy atom. The molecule has 34 heavy (non-hydrogen) atoms. The van der Waals surface area contributed by atoms with Crippen molar-refractivity contribution in [3.05, 3.63) is 34.9 Å². The van der Waals surface area contributed by atoms with Gasteiger partial charge in [-0.1, -0.05) is 19.0 Å². The van der Waals surface area contributed by atoms with Crippen LogP contribution in [0.4, 0.5) is 10.2 Å². The van der Waals surface area contributed by atoms with Crippen LogP contribution >= 0.6 is 0 Å². The average Bonchev–Trinajstić information content (AvgIpc) is 3.26. The van der Waals surface area contributed by atoms with Gasteiger partial charge < -0.3 is 19.5 Å². The molecular weight excluding hydrogens is 433 g/mol. The highest BCUT2D eigenvalue weighted by atomic mass is 19.1. The van der Waals surface area contributed by atoms with Gasteiger partial charge in [-0.15, -0.1) is 0 Å². The molecule has 0 amide bonds. The van der Waals surface area contributed by atoms with E-state index in [0.29, 0.717) is 29.3 Å². The number of hydrogen-bond donors (Lipinski definition) is 1. The minimum absolute atomic E-state index is 0.216. The molecule has 7 nitrogen and oxygen atoms in total. The number of rotatable bonds is 5. The summed E-state index contributed by atoms with van der Waals surface area (Å²) in [6, 6.07) is 4.54. The molecule has 1 atom stereocenters. The smallest absolute Gasteiger partial charge is 0.261 e. The number of benzene rings is 1. The molecule has 182 valence electrons. The Morgan fingerprint density at radius 3 is 2.53 bits per heavy atom. The van der Waals surface area contributed by atoms with Crippen LogP contribution in [0.3, 0.4) is 0 Å². The number of nitrogens with zero attached hydrogens (tertiary/aromatic N) is 4. The monoisotopic (exact) mass is 467 g/mol. The Hall–Kier alpha value is -2.58. The van der Waals surface area contributed by atoms with Crippen molar-refractivity contribution in [2.24, 2.45) is 0 Å². The first kappa shape index (κ1) is 23.2. The molecule has 0 bridgehead atoms. The van der Waals surface area contributed by atoms with E-state index in [2.05, 4.69) is 34.2 Å². The fourth-order valence-electron chi connectivity index (χ4n) is 5.16. The fourth-order valence-corrected chi connectivity index (χ4v) is 5.16. The summed E-state index contributed by atoms with van der Waals surface area (Å²) in [7, 11) is 0. The quantitative estimate of drug-likeness (QED) is 0.572. The summed E-state index contributed by atoms with van der Waals surface area (Å²) in [6.45, 7) is 11.3. The van der Waals surface area contributed by atoms with Gasteiger partial charge >= 0.3 is 0 Å². The molecule has 1 aromatic carbocycles. The maximum atomic E-state index is 15.2. The van der Waals surface area contributed by atoms with E-state index in [-0.39, 0.29) is 11.7 Å². The molecule has 0 radical (unpaired) electrons. The number of halogens is 1. The molecule has 2 aromatic heterocycles. The summed E-state index contributed by atoms with van der Waals surface area (Å²) in [4.78, 5) is 11.6. The predicted molar refractivity (Wildman–Crippen MR) is 131 cm³/mol. The number of pyridine rings is 1. The van der Waals surface area contributed by atoms with Gasteiger partial charge in [-0.05, 0) is 68.7 Å². The molecule has 0 spiro atoms. The normalized spacial score (nSPS) is 19.9. The van der Waals surface area contributed by atoms with Crippen molar-refractivity contribution in [2.75, 3.05) is 31.2 Å². The van der Waals surface area contributed by atoms with Crippen molar-refractivity contribution in [3.63, 3.8) is 0 Å².